The third-order valence-electron chi connectivity index (χ3n) is 1.84. The van der Waals surface area contributed by atoms with Crippen LogP contribution in [-0.4, -0.2) is 0 Å². The van der Waals surface area contributed by atoms with Gasteiger partial charge in [0.05, 0.1) is 10.9 Å². The first-order chi connectivity index (χ1) is 6.22. The second-order valence-electron chi connectivity index (χ2n) is 2.73. The fourth-order valence-electron chi connectivity index (χ4n) is 1.22. The van der Waals surface area contributed by atoms with Gasteiger partial charge in [0, 0.05) is 20.7 Å². The zero-order valence-electron chi connectivity index (χ0n) is 6.68. The summed E-state index contributed by atoms with van der Waals surface area (Å²) in [5.41, 5.74) is 6.41. The van der Waals surface area contributed by atoms with Crippen molar-refractivity contribution in [2.75, 3.05) is 5.73 Å². The molecule has 2 aromatic rings. The molecule has 0 aliphatic rings. The number of benzene rings is 1. The first-order valence-electron chi connectivity index (χ1n) is 3.74. The lowest BCUT2D eigenvalue weighted by atomic mass is 10.2. The third kappa shape index (κ3) is 1.50. The molecule has 1 nitrogen and oxygen atoms in total. The molecule has 0 radical (unpaired) electrons. The second-order valence-corrected chi connectivity index (χ2v) is 4.51. The first kappa shape index (κ1) is 9.13. The Kier molecular flexibility index (Phi) is 2.37. The van der Waals surface area contributed by atoms with Gasteiger partial charge >= 0.3 is 0 Å². The highest BCUT2D eigenvalue weighted by molar-refractivity contribution is 7.20. The Labute approximate surface area is 90.1 Å². The van der Waals surface area contributed by atoms with E-state index in [0.29, 0.717) is 5.88 Å². The van der Waals surface area contributed by atoms with Crippen molar-refractivity contribution >= 4 is 50.3 Å². The molecule has 1 aromatic carbocycles. The summed E-state index contributed by atoms with van der Waals surface area (Å²) >= 11 is 13.4. The van der Waals surface area contributed by atoms with Crippen molar-refractivity contribution in [1.82, 2.24) is 0 Å². The summed E-state index contributed by atoms with van der Waals surface area (Å²) in [4.78, 5) is 1.00. The van der Waals surface area contributed by atoms with E-state index in [1.54, 1.807) is 11.3 Å². The predicted molar refractivity (Wildman–Crippen MR) is 60.8 cm³/mol. The van der Waals surface area contributed by atoms with Crippen molar-refractivity contribution in [1.29, 1.82) is 0 Å². The molecule has 0 aliphatic heterocycles. The quantitative estimate of drug-likeness (QED) is 0.586. The molecule has 13 heavy (non-hydrogen) atoms. The number of rotatable bonds is 1. The van der Waals surface area contributed by atoms with Gasteiger partial charge in [-0.15, -0.1) is 22.9 Å². The van der Waals surface area contributed by atoms with Gasteiger partial charge in [0.25, 0.3) is 0 Å². The standard InChI is InChI=1S/C9H7Cl2NS/c10-4-8-9(11)6-2-1-5(12)3-7(6)13-8/h1-3H,4,12H2. The van der Waals surface area contributed by atoms with Crippen molar-refractivity contribution in [2.45, 2.75) is 5.88 Å². The summed E-state index contributed by atoms with van der Waals surface area (Å²) in [6.07, 6.45) is 0. The topological polar surface area (TPSA) is 26.0 Å². The van der Waals surface area contributed by atoms with Gasteiger partial charge in [-0.25, -0.2) is 0 Å². The fourth-order valence-corrected chi connectivity index (χ4v) is 2.98. The number of nitrogens with two attached hydrogens (primary N) is 1. The summed E-state index contributed by atoms with van der Waals surface area (Å²) in [5.74, 6) is 0.456. The van der Waals surface area contributed by atoms with Gasteiger partial charge in [0.1, 0.15) is 0 Å². The third-order valence-corrected chi connectivity index (χ3v) is 3.96. The molecular weight excluding hydrogens is 225 g/mol. The molecule has 0 amide bonds. The lowest BCUT2D eigenvalue weighted by Gasteiger charge is -1.92. The summed E-state index contributed by atoms with van der Waals surface area (Å²) < 4.78 is 1.10. The Hall–Kier alpha value is -0.440. The van der Waals surface area contributed by atoms with Gasteiger partial charge < -0.3 is 5.73 Å². The highest BCUT2D eigenvalue weighted by Crippen LogP contribution is 2.36. The summed E-state index contributed by atoms with van der Waals surface area (Å²) in [5, 5.41) is 1.80. The first-order valence-corrected chi connectivity index (χ1v) is 5.47. The van der Waals surface area contributed by atoms with E-state index in [1.165, 1.54) is 0 Å². The Morgan fingerprint density at radius 2 is 2.15 bits per heavy atom. The van der Waals surface area contributed by atoms with Crippen molar-refractivity contribution in [3.63, 3.8) is 0 Å². The van der Waals surface area contributed by atoms with Crippen molar-refractivity contribution in [3.8, 4) is 0 Å². The molecule has 68 valence electrons. The van der Waals surface area contributed by atoms with Crippen molar-refractivity contribution in [3.05, 3.63) is 28.1 Å². The van der Waals surface area contributed by atoms with Crippen LogP contribution in [0.15, 0.2) is 18.2 Å². The van der Waals surface area contributed by atoms with Crippen LogP contribution in [-0.2, 0) is 5.88 Å². The van der Waals surface area contributed by atoms with E-state index in [1.807, 2.05) is 18.2 Å². The molecule has 0 saturated carbocycles. The SMILES string of the molecule is Nc1ccc2c(Cl)c(CCl)sc2c1. The van der Waals surface area contributed by atoms with E-state index in [9.17, 15) is 0 Å². The minimum atomic E-state index is 0.456. The zero-order valence-corrected chi connectivity index (χ0v) is 9.01. The summed E-state index contributed by atoms with van der Waals surface area (Å²) in [6.45, 7) is 0. The maximum Gasteiger partial charge on any atom is 0.0636 e. The highest BCUT2D eigenvalue weighted by Gasteiger charge is 2.08. The molecular formula is C9H7Cl2NS. The van der Waals surface area contributed by atoms with E-state index in [4.69, 9.17) is 28.9 Å². The van der Waals surface area contributed by atoms with Crippen molar-refractivity contribution in [2.24, 2.45) is 0 Å². The molecule has 1 heterocycles. The molecule has 0 bridgehead atoms. The average molecular weight is 232 g/mol. The minimum Gasteiger partial charge on any atom is -0.399 e. The van der Waals surface area contributed by atoms with E-state index in [0.717, 1.165) is 25.7 Å². The predicted octanol–water partition coefficient (Wildman–Crippen LogP) is 3.88. The molecule has 0 atom stereocenters. The maximum atomic E-state index is 6.09. The van der Waals surface area contributed by atoms with Gasteiger partial charge in [0.15, 0.2) is 0 Å². The van der Waals surface area contributed by atoms with Gasteiger partial charge in [-0.2, -0.15) is 0 Å². The molecule has 0 aliphatic carbocycles. The Morgan fingerprint density at radius 1 is 1.38 bits per heavy atom. The summed E-state index contributed by atoms with van der Waals surface area (Å²) in [6, 6.07) is 5.69. The van der Waals surface area contributed by atoms with Crippen LogP contribution in [0.3, 0.4) is 0 Å². The second kappa shape index (κ2) is 3.37. The van der Waals surface area contributed by atoms with Crippen LogP contribution in [0.1, 0.15) is 4.88 Å². The van der Waals surface area contributed by atoms with Gasteiger partial charge in [-0.3, -0.25) is 0 Å². The highest BCUT2D eigenvalue weighted by atomic mass is 35.5. The fraction of sp³-hybridized carbons (Fsp3) is 0.111. The average Bonchev–Trinajstić information content (AvgIpc) is 2.42. The van der Waals surface area contributed by atoms with Gasteiger partial charge in [-0.05, 0) is 18.2 Å². The van der Waals surface area contributed by atoms with Crippen LogP contribution < -0.4 is 5.73 Å². The molecule has 0 unspecified atom stereocenters. The van der Waals surface area contributed by atoms with Gasteiger partial charge in [0.2, 0.25) is 0 Å². The molecule has 0 fully saturated rings. The van der Waals surface area contributed by atoms with Crippen LogP contribution in [0, 0.1) is 0 Å². The van der Waals surface area contributed by atoms with Gasteiger partial charge in [-0.1, -0.05) is 11.6 Å². The molecule has 2 N–H and O–H groups in total. The molecule has 0 saturated heterocycles. The number of anilines is 1. The Balaban J connectivity index is 2.76. The Morgan fingerprint density at radius 3 is 2.85 bits per heavy atom. The Bertz CT molecular complexity index is 450. The smallest absolute Gasteiger partial charge is 0.0636 e. The molecule has 2 rings (SSSR count). The normalized spacial score (nSPS) is 10.9. The number of fused-ring (bicyclic) bond motifs is 1. The number of nitrogen functional groups attached to an aromatic ring is 1. The van der Waals surface area contributed by atoms with Crippen LogP contribution in [0.5, 0.6) is 0 Å². The molecule has 0 spiro atoms. The number of hydrogen-bond acceptors (Lipinski definition) is 2. The lowest BCUT2D eigenvalue weighted by molar-refractivity contribution is 1.54. The van der Waals surface area contributed by atoms with Crippen molar-refractivity contribution < 1.29 is 0 Å². The molecule has 1 aromatic heterocycles. The number of alkyl halides is 1. The molecule has 4 heteroatoms. The van der Waals surface area contributed by atoms with Crippen LogP contribution in [0.25, 0.3) is 10.1 Å². The minimum absolute atomic E-state index is 0.456. The van der Waals surface area contributed by atoms with Crippen LogP contribution >= 0.6 is 34.5 Å². The summed E-state index contributed by atoms with van der Waals surface area (Å²) in [7, 11) is 0. The maximum absolute atomic E-state index is 6.09. The lowest BCUT2D eigenvalue weighted by Crippen LogP contribution is -1.80. The van der Waals surface area contributed by atoms with E-state index in [2.05, 4.69) is 0 Å². The van der Waals surface area contributed by atoms with Crippen LogP contribution in [0.4, 0.5) is 5.69 Å². The van der Waals surface area contributed by atoms with E-state index >= 15 is 0 Å². The van der Waals surface area contributed by atoms with E-state index < -0.39 is 0 Å². The monoisotopic (exact) mass is 231 g/mol. The van der Waals surface area contributed by atoms with Crippen LogP contribution in [0.2, 0.25) is 5.02 Å². The number of hydrogen-bond donors (Lipinski definition) is 1. The largest absolute Gasteiger partial charge is 0.399 e. The number of halogens is 2. The van der Waals surface area contributed by atoms with E-state index in [-0.39, 0.29) is 0 Å². The number of thiophene rings is 1. The zero-order chi connectivity index (χ0) is 9.42.